The zero-order valence-electron chi connectivity index (χ0n) is 14.6. The van der Waals surface area contributed by atoms with Gasteiger partial charge >= 0.3 is 0 Å². The SMILES string of the molecule is CCc1cc(C(C)(C)C)c2oc(CNC(C)(C)C)cc2c1. The van der Waals surface area contributed by atoms with Crippen molar-refractivity contribution in [3.05, 3.63) is 35.1 Å². The predicted octanol–water partition coefficient (Wildman–Crippen LogP) is 5.18. The Balaban J connectivity index is 2.46. The Bertz CT molecular complexity index is 623. The van der Waals surface area contributed by atoms with Crippen molar-refractivity contribution in [2.75, 3.05) is 0 Å². The van der Waals surface area contributed by atoms with Gasteiger partial charge in [0.25, 0.3) is 0 Å². The minimum Gasteiger partial charge on any atom is -0.459 e. The van der Waals surface area contributed by atoms with E-state index in [2.05, 4.69) is 72.0 Å². The van der Waals surface area contributed by atoms with Crippen LogP contribution in [-0.4, -0.2) is 5.54 Å². The first-order chi connectivity index (χ1) is 9.60. The van der Waals surface area contributed by atoms with E-state index in [0.717, 1.165) is 24.3 Å². The largest absolute Gasteiger partial charge is 0.459 e. The molecule has 0 amide bonds. The van der Waals surface area contributed by atoms with E-state index in [0.29, 0.717) is 0 Å². The lowest BCUT2D eigenvalue weighted by molar-refractivity contribution is 0.394. The Hall–Kier alpha value is -1.28. The number of furan rings is 1. The maximum atomic E-state index is 6.16. The highest BCUT2D eigenvalue weighted by molar-refractivity contribution is 5.83. The van der Waals surface area contributed by atoms with Gasteiger partial charge < -0.3 is 9.73 Å². The fourth-order valence-electron chi connectivity index (χ4n) is 2.47. The summed E-state index contributed by atoms with van der Waals surface area (Å²) in [6.45, 7) is 16.2. The van der Waals surface area contributed by atoms with Gasteiger partial charge in [-0.2, -0.15) is 0 Å². The second kappa shape index (κ2) is 5.49. The summed E-state index contributed by atoms with van der Waals surface area (Å²) in [5.41, 5.74) is 3.92. The second-order valence-electron chi connectivity index (χ2n) is 7.98. The highest BCUT2D eigenvalue weighted by Gasteiger charge is 2.21. The Kier molecular flexibility index (Phi) is 4.21. The molecule has 0 aliphatic rings. The summed E-state index contributed by atoms with van der Waals surface area (Å²) in [7, 11) is 0. The van der Waals surface area contributed by atoms with E-state index in [1.807, 2.05) is 0 Å². The molecule has 0 saturated heterocycles. The summed E-state index contributed by atoms with van der Waals surface area (Å²) in [4.78, 5) is 0. The number of hydrogen-bond donors (Lipinski definition) is 1. The summed E-state index contributed by atoms with van der Waals surface area (Å²) < 4.78 is 6.16. The second-order valence-corrected chi connectivity index (χ2v) is 7.98. The minimum atomic E-state index is 0.0933. The van der Waals surface area contributed by atoms with Crippen LogP contribution in [0, 0.1) is 0 Å². The number of fused-ring (bicyclic) bond motifs is 1. The van der Waals surface area contributed by atoms with Crippen molar-refractivity contribution in [1.82, 2.24) is 5.32 Å². The first-order valence-electron chi connectivity index (χ1n) is 7.91. The Morgan fingerprint density at radius 2 is 1.67 bits per heavy atom. The van der Waals surface area contributed by atoms with Gasteiger partial charge in [-0.1, -0.05) is 33.8 Å². The fraction of sp³-hybridized carbons (Fsp3) is 0.579. The van der Waals surface area contributed by atoms with Gasteiger partial charge in [0.15, 0.2) is 0 Å². The van der Waals surface area contributed by atoms with Crippen molar-refractivity contribution in [1.29, 1.82) is 0 Å². The zero-order chi connectivity index (χ0) is 15.8. The van der Waals surface area contributed by atoms with Crippen LogP contribution in [0.1, 0.15) is 65.4 Å². The molecule has 21 heavy (non-hydrogen) atoms. The van der Waals surface area contributed by atoms with Gasteiger partial charge in [0.2, 0.25) is 0 Å². The third kappa shape index (κ3) is 3.88. The predicted molar refractivity (Wildman–Crippen MR) is 90.9 cm³/mol. The standard InChI is InChI=1S/C19H29NO/c1-8-13-9-14-11-15(12-20-19(5,6)7)21-17(14)16(10-13)18(2,3)4/h9-11,20H,8,12H2,1-7H3. The molecule has 1 aromatic carbocycles. The summed E-state index contributed by atoms with van der Waals surface area (Å²) >= 11 is 0. The summed E-state index contributed by atoms with van der Waals surface area (Å²) in [6, 6.07) is 6.74. The molecule has 0 radical (unpaired) electrons. The average molecular weight is 287 g/mol. The first-order valence-corrected chi connectivity index (χ1v) is 7.91. The molecular weight excluding hydrogens is 258 g/mol. The van der Waals surface area contributed by atoms with Gasteiger partial charge in [-0.05, 0) is 50.3 Å². The lowest BCUT2D eigenvalue weighted by Crippen LogP contribution is -2.34. The summed E-state index contributed by atoms with van der Waals surface area (Å²) in [5, 5.41) is 4.72. The molecule has 0 unspecified atom stereocenters. The maximum absolute atomic E-state index is 6.16. The van der Waals surface area contributed by atoms with Gasteiger partial charge in [-0.3, -0.25) is 0 Å². The molecule has 0 aliphatic heterocycles. The fourth-order valence-corrected chi connectivity index (χ4v) is 2.47. The lowest BCUT2D eigenvalue weighted by atomic mass is 9.85. The van der Waals surface area contributed by atoms with Crippen LogP contribution in [0.3, 0.4) is 0 Å². The van der Waals surface area contributed by atoms with Crippen LogP contribution in [0.2, 0.25) is 0 Å². The highest BCUT2D eigenvalue weighted by Crippen LogP contribution is 2.33. The number of hydrogen-bond acceptors (Lipinski definition) is 2. The van der Waals surface area contributed by atoms with Crippen molar-refractivity contribution in [3.63, 3.8) is 0 Å². The van der Waals surface area contributed by atoms with Gasteiger partial charge in [0.05, 0.1) is 6.54 Å². The van der Waals surface area contributed by atoms with Crippen molar-refractivity contribution < 1.29 is 4.42 Å². The van der Waals surface area contributed by atoms with Gasteiger partial charge in [0, 0.05) is 16.5 Å². The van der Waals surface area contributed by atoms with Crippen LogP contribution in [0.5, 0.6) is 0 Å². The van der Waals surface area contributed by atoms with Crippen LogP contribution in [-0.2, 0) is 18.4 Å². The molecule has 0 fully saturated rings. The van der Waals surface area contributed by atoms with Crippen molar-refractivity contribution in [2.24, 2.45) is 0 Å². The van der Waals surface area contributed by atoms with Gasteiger partial charge in [-0.15, -0.1) is 0 Å². The van der Waals surface area contributed by atoms with E-state index in [4.69, 9.17) is 4.42 Å². The van der Waals surface area contributed by atoms with Crippen LogP contribution in [0.15, 0.2) is 22.6 Å². The molecule has 0 saturated carbocycles. The molecule has 0 atom stereocenters. The quantitative estimate of drug-likeness (QED) is 0.841. The van der Waals surface area contributed by atoms with E-state index in [1.165, 1.54) is 16.5 Å². The molecule has 0 spiro atoms. The third-order valence-corrected chi connectivity index (χ3v) is 3.74. The zero-order valence-corrected chi connectivity index (χ0v) is 14.6. The average Bonchev–Trinajstić information content (AvgIpc) is 2.75. The Labute approximate surface area is 128 Å². The number of aryl methyl sites for hydroxylation is 1. The first kappa shape index (κ1) is 16.1. The smallest absolute Gasteiger partial charge is 0.138 e. The molecule has 0 bridgehead atoms. The van der Waals surface area contributed by atoms with E-state index in [-0.39, 0.29) is 11.0 Å². The van der Waals surface area contributed by atoms with Crippen LogP contribution >= 0.6 is 0 Å². The molecule has 2 aromatic rings. The number of benzene rings is 1. The van der Waals surface area contributed by atoms with E-state index in [1.54, 1.807) is 0 Å². The summed E-state index contributed by atoms with van der Waals surface area (Å²) in [5.74, 6) is 1.01. The molecule has 0 aliphatic carbocycles. The van der Waals surface area contributed by atoms with Crippen LogP contribution < -0.4 is 5.32 Å². The molecule has 1 heterocycles. The molecule has 116 valence electrons. The minimum absolute atomic E-state index is 0.0933. The van der Waals surface area contributed by atoms with E-state index in [9.17, 15) is 0 Å². The number of nitrogens with one attached hydrogen (secondary N) is 1. The molecule has 2 heteroatoms. The third-order valence-electron chi connectivity index (χ3n) is 3.74. The van der Waals surface area contributed by atoms with Crippen LogP contribution in [0.4, 0.5) is 0 Å². The molecule has 1 N–H and O–H groups in total. The number of rotatable bonds is 3. The molecular formula is C19H29NO. The van der Waals surface area contributed by atoms with E-state index < -0.39 is 0 Å². The van der Waals surface area contributed by atoms with Gasteiger partial charge in [-0.25, -0.2) is 0 Å². The monoisotopic (exact) mass is 287 g/mol. The Morgan fingerprint density at radius 1 is 1.00 bits per heavy atom. The lowest BCUT2D eigenvalue weighted by Gasteiger charge is -2.20. The maximum Gasteiger partial charge on any atom is 0.138 e. The summed E-state index contributed by atoms with van der Waals surface area (Å²) in [6.07, 6.45) is 1.06. The van der Waals surface area contributed by atoms with Crippen molar-refractivity contribution in [3.8, 4) is 0 Å². The molecule has 1 aromatic heterocycles. The highest BCUT2D eigenvalue weighted by atomic mass is 16.3. The topological polar surface area (TPSA) is 25.2 Å². The van der Waals surface area contributed by atoms with Crippen LogP contribution in [0.25, 0.3) is 11.0 Å². The normalized spacial score (nSPS) is 13.1. The molecule has 2 nitrogen and oxygen atoms in total. The van der Waals surface area contributed by atoms with Crippen molar-refractivity contribution >= 4 is 11.0 Å². The van der Waals surface area contributed by atoms with E-state index >= 15 is 0 Å². The van der Waals surface area contributed by atoms with Gasteiger partial charge in [0.1, 0.15) is 11.3 Å². The van der Waals surface area contributed by atoms with Crippen molar-refractivity contribution in [2.45, 2.75) is 72.4 Å². The molecule has 2 rings (SSSR count). The Morgan fingerprint density at radius 3 is 2.19 bits per heavy atom.